The van der Waals surface area contributed by atoms with Crippen molar-refractivity contribution in [3.8, 4) is 0 Å². The quantitative estimate of drug-likeness (QED) is 0.444. The Bertz CT molecular complexity index is 1200. The van der Waals surface area contributed by atoms with Crippen LogP contribution < -0.4 is 16.1 Å². The van der Waals surface area contributed by atoms with E-state index in [0.29, 0.717) is 27.8 Å². The van der Waals surface area contributed by atoms with E-state index in [9.17, 15) is 9.59 Å². The predicted octanol–water partition coefficient (Wildman–Crippen LogP) is 2.69. The van der Waals surface area contributed by atoms with Gasteiger partial charge in [0.25, 0.3) is 0 Å². The highest BCUT2D eigenvalue weighted by Gasteiger charge is 2.36. The summed E-state index contributed by atoms with van der Waals surface area (Å²) in [5.41, 5.74) is 4.61. The van der Waals surface area contributed by atoms with Crippen LogP contribution in [0.4, 0.5) is 5.13 Å². The molecule has 3 N–H and O–H groups in total. The number of carbonyl (C=O) groups excluding carboxylic acids is 2. The van der Waals surface area contributed by atoms with Gasteiger partial charge in [0.15, 0.2) is 5.17 Å². The third kappa shape index (κ3) is 6.20. The number of aromatic nitrogens is 4. The van der Waals surface area contributed by atoms with E-state index in [1.165, 1.54) is 11.3 Å². The maximum Gasteiger partial charge on any atom is 0.232 e. The molecule has 0 spiro atoms. The molecule has 0 bridgehead atoms. The number of nitrogens with zero attached hydrogens (tertiary/aromatic N) is 5. The minimum Gasteiger partial charge on any atom is -0.303 e. The van der Waals surface area contributed by atoms with E-state index in [-0.39, 0.29) is 30.0 Å². The fourth-order valence-electron chi connectivity index (χ4n) is 4.18. The first-order valence-corrected chi connectivity index (χ1v) is 13.0. The number of amides is 2. The van der Waals surface area contributed by atoms with Gasteiger partial charge in [-0.05, 0) is 49.4 Å². The maximum atomic E-state index is 12.3. The molecule has 4 heterocycles. The molecule has 2 aliphatic rings. The minimum absolute atomic E-state index is 0.107. The zero-order chi connectivity index (χ0) is 24.0. The maximum absolute atomic E-state index is 12.3. The van der Waals surface area contributed by atoms with Gasteiger partial charge in [0, 0.05) is 29.7 Å². The molecule has 1 aliphatic carbocycles. The number of anilines is 1. The number of thioether (sulfide) groups is 1. The summed E-state index contributed by atoms with van der Waals surface area (Å²) in [6.07, 6.45) is 6.74. The fraction of sp³-hybridized carbons (Fsp3) is 0.348. The number of nitrogens with one attached hydrogen (secondary N) is 3. The van der Waals surface area contributed by atoms with E-state index in [1.807, 2.05) is 36.4 Å². The van der Waals surface area contributed by atoms with Crippen LogP contribution in [0.2, 0.25) is 0 Å². The number of amidine groups is 1. The molecule has 5 rings (SSSR count). The molecule has 3 unspecified atom stereocenters. The fourth-order valence-corrected chi connectivity index (χ4v) is 6.15. The lowest BCUT2D eigenvalue weighted by atomic mass is 10.1. The highest BCUT2D eigenvalue weighted by Crippen LogP contribution is 2.44. The van der Waals surface area contributed by atoms with Crippen LogP contribution in [-0.2, 0) is 22.4 Å². The van der Waals surface area contributed by atoms with E-state index in [0.717, 1.165) is 30.0 Å². The predicted molar refractivity (Wildman–Crippen MR) is 135 cm³/mol. The van der Waals surface area contributed by atoms with Crippen molar-refractivity contribution < 1.29 is 9.59 Å². The van der Waals surface area contributed by atoms with E-state index >= 15 is 0 Å². The third-order valence-electron chi connectivity index (χ3n) is 5.85. The molecule has 0 aromatic carbocycles. The Kier molecular flexibility index (Phi) is 7.28. The summed E-state index contributed by atoms with van der Waals surface area (Å²) in [6, 6.07) is 11.0. The molecule has 10 nitrogen and oxygen atoms in total. The summed E-state index contributed by atoms with van der Waals surface area (Å²) in [5.74, 6) is 0.402. The van der Waals surface area contributed by atoms with Gasteiger partial charge >= 0.3 is 0 Å². The zero-order valence-electron chi connectivity index (χ0n) is 18.8. The van der Waals surface area contributed by atoms with Gasteiger partial charge in [0.05, 0.1) is 18.2 Å². The van der Waals surface area contributed by atoms with Crippen LogP contribution in [0.15, 0.2) is 53.9 Å². The number of hydrazone groups is 1. The highest BCUT2D eigenvalue weighted by atomic mass is 32.2. The lowest BCUT2D eigenvalue weighted by Gasteiger charge is -2.16. The molecule has 0 radical (unpaired) electrons. The number of rotatable bonds is 7. The molecule has 1 fully saturated rings. The average Bonchev–Trinajstić information content (AvgIpc) is 3.61. The monoisotopic (exact) mass is 508 g/mol. The summed E-state index contributed by atoms with van der Waals surface area (Å²) in [7, 11) is 0. The van der Waals surface area contributed by atoms with Crippen molar-refractivity contribution in [2.24, 2.45) is 11.0 Å². The normalized spacial score (nSPS) is 21.3. The second-order valence-electron chi connectivity index (χ2n) is 8.39. The Morgan fingerprint density at radius 3 is 2.34 bits per heavy atom. The average molecular weight is 509 g/mol. The first-order chi connectivity index (χ1) is 17.1. The van der Waals surface area contributed by atoms with Crippen LogP contribution in [0.3, 0.4) is 0 Å². The van der Waals surface area contributed by atoms with Crippen LogP contribution in [0, 0.1) is 5.92 Å². The summed E-state index contributed by atoms with van der Waals surface area (Å²) in [6.45, 7) is 0. The number of hydrogen-bond acceptors (Lipinski definition) is 10. The molecule has 180 valence electrons. The number of hydrogen-bond donors (Lipinski definition) is 3. The summed E-state index contributed by atoms with van der Waals surface area (Å²) < 4.78 is 0. The Morgan fingerprint density at radius 2 is 1.66 bits per heavy atom. The van der Waals surface area contributed by atoms with Gasteiger partial charge in [0.1, 0.15) is 5.01 Å². The second kappa shape index (κ2) is 10.9. The lowest BCUT2D eigenvalue weighted by Crippen LogP contribution is -2.30. The Morgan fingerprint density at radius 1 is 0.943 bits per heavy atom. The molecule has 1 saturated carbocycles. The number of carbonyl (C=O) groups is 2. The molecule has 12 heteroatoms. The third-order valence-corrected chi connectivity index (χ3v) is 8.01. The van der Waals surface area contributed by atoms with E-state index < -0.39 is 0 Å². The molecular formula is C23H24N8O2S2. The summed E-state index contributed by atoms with van der Waals surface area (Å²) in [5, 5.41) is 20.7. The Labute approximate surface area is 210 Å². The van der Waals surface area contributed by atoms with Crippen LogP contribution in [0.5, 0.6) is 0 Å². The standard InChI is InChI=1S/C23H24N8O2S2/c32-18(12-16-5-1-3-9-24-16)26-22-30-28-20(34-22)14-7-8-15(11-14)21-29-31-23(35-21)27-19(33)13-17-6-2-4-10-25-17/h1-6,9-10,14-15,20,28H,7-8,11-13H2,(H,26,30,32)(H,27,31,33). The van der Waals surface area contributed by atoms with Crippen molar-refractivity contribution >= 4 is 45.2 Å². The Hall–Kier alpha value is -3.38. The molecule has 35 heavy (non-hydrogen) atoms. The minimum atomic E-state index is -0.156. The van der Waals surface area contributed by atoms with Crippen molar-refractivity contribution in [2.75, 3.05) is 5.32 Å². The van der Waals surface area contributed by atoms with Crippen molar-refractivity contribution in [2.45, 2.75) is 43.4 Å². The van der Waals surface area contributed by atoms with Crippen LogP contribution in [0.25, 0.3) is 0 Å². The summed E-state index contributed by atoms with van der Waals surface area (Å²) >= 11 is 2.98. The molecule has 0 saturated heterocycles. The molecule has 2 amide bonds. The lowest BCUT2D eigenvalue weighted by molar-refractivity contribution is -0.119. The molecule has 1 aliphatic heterocycles. The van der Waals surface area contributed by atoms with Crippen LogP contribution in [-0.4, -0.2) is 42.5 Å². The van der Waals surface area contributed by atoms with Gasteiger partial charge < -0.3 is 10.6 Å². The molecular weight excluding hydrogens is 484 g/mol. The van der Waals surface area contributed by atoms with Gasteiger partial charge in [-0.2, -0.15) is 5.10 Å². The molecule has 3 atom stereocenters. The highest BCUT2D eigenvalue weighted by molar-refractivity contribution is 8.14. The zero-order valence-corrected chi connectivity index (χ0v) is 20.4. The largest absolute Gasteiger partial charge is 0.303 e. The van der Waals surface area contributed by atoms with Crippen molar-refractivity contribution in [3.05, 3.63) is 65.2 Å². The molecule has 3 aromatic rings. The Balaban J connectivity index is 1.08. The van der Waals surface area contributed by atoms with Crippen molar-refractivity contribution in [1.29, 1.82) is 0 Å². The first-order valence-electron chi connectivity index (χ1n) is 11.3. The molecule has 3 aromatic heterocycles. The van der Waals surface area contributed by atoms with Crippen LogP contribution in [0.1, 0.15) is 41.6 Å². The van der Waals surface area contributed by atoms with Crippen molar-refractivity contribution in [3.63, 3.8) is 0 Å². The van der Waals surface area contributed by atoms with Gasteiger partial charge in [-0.25, -0.2) is 0 Å². The smallest absolute Gasteiger partial charge is 0.232 e. The van der Waals surface area contributed by atoms with Gasteiger partial charge in [-0.1, -0.05) is 35.2 Å². The van der Waals surface area contributed by atoms with E-state index in [1.54, 1.807) is 24.2 Å². The van der Waals surface area contributed by atoms with Crippen LogP contribution >= 0.6 is 23.1 Å². The van der Waals surface area contributed by atoms with E-state index in [2.05, 4.69) is 41.3 Å². The van der Waals surface area contributed by atoms with Gasteiger partial charge in [0.2, 0.25) is 16.9 Å². The second-order valence-corrected chi connectivity index (χ2v) is 10.5. The number of pyridine rings is 2. The SMILES string of the molecule is O=C(Cc1ccccn1)NC1=NNC(C2CCC(c3nnc(NC(=O)Cc4ccccn4)s3)C2)S1. The van der Waals surface area contributed by atoms with Crippen molar-refractivity contribution in [1.82, 2.24) is 30.9 Å². The van der Waals surface area contributed by atoms with Gasteiger partial charge in [-0.3, -0.25) is 25.0 Å². The van der Waals surface area contributed by atoms with E-state index in [4.69, 9.17) is 0 Å². The first kappa shape index (κ1) is 23.4. The van der Waals surface area contributed by atoms with Gasteiger partial charge in [-0.15, -0.1) is 10.2 Å². The topological polar surface area (TPSA) is 134 Å². The summed E-state index contributed by atoms with van der Waals surface area (Å²) in [4.78, 5) is 32.9.